The van der Waals surface area contributed by atoms with Gasteiger partial charge in [-0.15, -0.1) is 0 Å². The summed E-state index contributed by atoms with van der Waals surface area (Å²) in [7, 11) is 0. The van der Waals surface area contributed by atoms with Gasteiger partial charge in [0, 0.05) is 23.8 Å². The predicted molar refractivity (Wildman–Crippen MR) is 83.3 cm³/mol. The van der Waals surface area contributed by atoms with Crippen LogP contribution in [0.3, 0.4) is 0 Å². The highest BCUT2D eigenvalue weighted by Crippen LogP contribution is 2.12. The molecule has 0 aliphatic rings. The van der Waals surface area contributed by atoms with E-state index >= 15 is 0 Å². The van der Waals surface area contributed by atoms with E-state index in [1.54, 1.807) is 24.4 Å². The molecule has 2 aromatic rings. The molecular weight excluding hydrogens is 290 g/mol. The second-order valence-corrected chi connectivity index (χ2v) is 4.96. The van der Waals surface area contributed by atoms with E-state index in [9.17, 15) is 9.59 Å². The lowest BCUT2D eigenvalue weighted by Gasteiger charge is -2.03. The fourth-order valence-electron chi connectivity index (χ4n) is 1.79. The van der Waals surface area contributed by atoms with Crippen LogP contribution in [-0.4, -0.2) is 15.6 Å². The van der Waals surface area contributed by atoms with E-state index in [4.69, 9.17) is 16.7 Å². The van der Waals surface area contributed by atoms with Crippen molar-refractivity contribution in [2.45, 2.75) is 13.0 Å². The van der Waals surface area contributed by atoms with E-state index in [2.05, 4.69) is 0 Å². The summed E-state index contributed by atoms with van der Waals surface area (Å²) < 4.78 is 1.38. The number of carboxylic acid groups (broad SMARTS) is 1. The molecule has 108 valence electrons. The van der Waals surface area contributed by atoms with Gasteiger partial charge in [0.2, 0.25) is 0 Å². The van der Waals surface area contributed by atoms with Crippen LogP contribution in [0.5, 0.6) is 0 Å². The van der Waals surface area contributed by atoms with Crippen molar-refractivity contribution < 1.29 is 9.90 Å². The Kier molecular flexibility index (Phi) is 4.95. The van der Waals surface area contributed by atoms with Crippen molar-refractivity contribution in [1.82, 2.24) is 4.57 Å². The number of carboxylic acids is 1. The Morgan fingerprint density at radius 2 is 1.81 bits per heavy atom. The van der Waals surface area contributed by atoms with E-state index in [0.717, 1.165) is 11.1 Å². The zero-order valence-electron chi connectivity index (χ0n) is 11.2. The molecule has 4 nitrogen and oxygen atoms in total. The Hall–Kier alpha value is -2.33. The van der Waals surface area contributed by atoms with E-state index in [-0.39, 0.29) is 18.5 Å². The minimum atomic E-state index is -0.923. The van der Waals surface area contributed by atoms with Crippen LogP contribution in [0.25, 0.3) is 12.2 Å². The molecule has 1 heterocycles. The van der Waals surface area contributed by atoms with Crippen molar-refractivity contribution in [3.05, 3.63) is 69.1 Å². The highest BCUT2D eigenvalue weighted by atomic mass is 35.5. The second-order valence-electron chi connectivity index (χ2n) is 4.52. The number of aliphatic carboxylic acids is 1. The van der Waals surface area contributed by atoms with Crippen LogP contribution in [0.1, 0.15) is 17.5 Å². The number of halogens is 1. The highest BCUT2D eigenvalue weighted by molar-refractivity contribution is 6.30. The molecule has 0 atom stereocenters. The summed E-state index contributed by atoms with van der Waals surface area (Å²) in [5.74, 6) is -0.923. The van der Waals surface area contributed by atoms with E-state index in [1.807, 2.05) is 24.3 Å². The first-order valence-electron chi connectivity index (χ1n) is 6.40. The summed E-state index contributed by atoms with van der Waals surface area (Å²) >= 11 is 5.81. The largest absolute Gasteiger partial charge is 0.481 e. The molecule has 0 amide bonds. The number of hydrogen-bond donors (Lipinski definition) is 1. The first kappa shape index (κ1) is 15.1. The van der Waals surface area contributed by atoms with Crippen LogP contribution in [-0.2, 0) is 11.3 Å². The number of aryl methyl sites for hydroxylation is 1. The van der Waals surface area contributed by atoms with Gasteiger partial charge in [-0.2, -0.15) is 0 Å². The van der Waals surface area contributed by atoms with Gasteiger partial charge in [0.05, 0.1) is 6.42 Å². The minimum absolute atomic E-state index is 0.0696. The molecule has 0 aliphatic heterocycles. The Balaban J connectivity index is 2.11. The van der Waals surface area contributed by atoms with Crippen molar-refractivity contribution in [3.8, 4) is 0 Å². The van der Waals surface area contributed by atoms with E-state index in [0.29, 0.717) is 5.02 Å². The Morgan fingerprint density at radius 1 is 1.14 bits per heavy atom. The van der Waals surface area contributed by atoms with Crippen LogP contribution in [0.15, 0.2) is 47.4 Å². The molecule has 21 heavy (non-hydrogen) atoms. The van der Waals surface area contributed by atoms with Gasteiger partial charge >= 0.3 is 5.97 Å². The third kappa shape index (κ3) is 4.61. The number of nitrogens with zero attached hydrogens (tertiary/aromatic N) is 1. The van der Waals surface area contributed by atoms with E-state index in [1.165, 1.54) is 10.6 Å². The van der Waals surface area contributed by atoms with Crippen molar-refractivity contribution in [2.24, 2.45) is 0 Å². The zero-order chi connectivity index (χ0) is 15.2. The smallest absolute Gasteiger partial charge is 0.305 e. The van der Waals surface area contributed by atoms with Crippen LogP contribution >= 0.6 is 11.6 Å². The average Bonchev–Trinajstić information content (AvgIpc) is 2.45. The van der Waals surface area contributed by atoms with Crippen LogP contribution < -0.4 is 5.56 Å². The second kappa shape index (κ2) is 6.90. The Labute approximate surface area is 126 Å². The van der Waals surface area contributed by atoms with Crippen LogP contribution in [0, 0.1) is 0 Å². The van der Waals surface area contributed by atoms with Gasteiger partial charge in [-0.3, -0.25) is 9.59 Å². The maximum absolute atomic E-state index is 11.8. The van der Waals surface area contributed by atoms with Crippen molar-refractivity contribution >= 4 is 29.7 Å². The number of aromatic nitrogens is 1. The first-order valence-corrected chi connectivity index (χ1v) is 6.78. The van der Waals surface area contributed by atoms with Gasteiger partial charge < -0.3 is 9.67 Å². The molecule has 5 heteroatoms. The summed E-state index contributed by atoms with van der Waals surface area (Å²) in [6, 6.07) is 10.6. The number of rotatable bonds is 5. The molecule has 1 aromatic carbocycles. The molecule has 0 aliphatic carbocycles. The third-order valence-electron chi connectivity index (χ3n) is 2.92. The van der Waals surface area contributed by atoms with Crippen LogP contribution in [0.4, 0.5) is 0 Å². The molecule has 0 radical (unpaired) electrons. The van der Waals surface area contributed by atoms with Gasteiger partial charge in [-0.25, -0.2) is 0 Å². The van der Waals surface area contributed by atoms with E-state index < -0.39 is 5.97 Å². The number of pyridine rings is 1. The lowest BCUT2D eigenvalue weighted by atomic mass is 10.1. The van der Waals surface area contributed by atoms with Gasteiger partial charge in [-0.05, 0) is 29.3 Å². The summed E-state index contributed by atoms with van der Waals surface area (Å²) in [5, 5.41) is 9.29. The molecule has 2 rings (SSSR count). The molecule has 0 saturated heterocycles. The molecule has 0 bridgehead atoms. The molecule has 0 unspecified atom stereocenters. The number of benzene rings is 1. The molecule has 0 spiro atoms. The molecular formula is C16H14ClNO3. The number of hydrogen-bond acceptors (Lipinski definition) is 2. The monoisotopic (exact) mass is 303 g/mol. The lowest BCUT2D eigenvalue weighted by Crippen LogP contribution is -2.20. The quantitative estimate of drug-likeness (QED) is 0.923. The fraction of sp³-hybridized carbons (Fsp3) is 0.125. The summed E-state index contributed by atoms with van der Waals surface area (Å²) in [5.41, 5.74) is 1.53. The first-order chi connectivity index (χ1) is 10.0. The number of carbonyl (C=O) groups is 1. The normalized spacial score (nSPS) is 10.9. The summed E-state index contributed by atoms with van der Waals surface area (Å²) in [6.07, 6.45) is 5.24. The highest BCUT2D eigenvalue weighted by Gasteiger charge is 2.00. The standard InChI is InChI=1S/C16H14ClNO3/c17-14-5-3-12(4-6-14)1-2-13-7-9-18(15(19)11-13)10-8-16(20)21/h1-7,9,11H,8,10H2,(H,20,21)/b2-1+. The maximum Gasteiger partial charge on any atom is 0.305 e. The fourth-order valence-corrected chi connectivity index (χ4v) is 1.92. The molecule has 0 saturated carbocycles. The van der Waals surface area contributed by atoms with Gasteiger partial charge in [0.25, 0.3) is 5.56 Å². The van der Waals surface area contributed by atoms with Gasteiger partial charge in [0.15, 0.2) is 0 Å². The minimum Gasteiger partial charge on any atom is -0.481 e. The Bertz CT molecular complexity index is 717. The third-order valence-corrected chi connectivity index (χ3v) is 3.18. The maximum atomic E-state index is 11.8. The summed E-state index contributed by atoms with van der Waals surface area (Å²) in [4.78, 5) is 22.3. The molecule has 1 aromatic heterocycles. The summed E-state index contributed by atoms with van der Waals surface area (Å²) in [6.45, 7) is 0.176. The Morgan fingerprint density at radius 3 is 2.43 bits per heavy atom. The van der Waals surface area contributed by atoms with Crippen molar-refractivity contribution in [1.29, 1.82) is 0 Å². The topological polar surface area (TPSA) is 59.3 Å². The lowest BCUT2D eigenvalue weighted by molar-refractivity contribution is -0.137. The molecule has 0 fully saturated rings. The molecule has 1 N–H and O–H groups in total. The van der Waals surface area contributed by atoms with Gasteiger partial charge in [0.1, 0.15) is 0 Å². The predicted octanol–water partition coefficient (Wildman–Crippen LogP) is 3.15. The van der Waals surface area contributed by atoms with Crippen molar-refractivity contribution in [2.75, 3.05) is 0 Å². The van der Waals surface area contributed by atoms with Crippen LogP contribution in [0.2, 0.25) is 5.02 Å². The SMILES string of the molecule is O=C(O)CCn1ccc(/C=C/c2ccc(Cl)cc2)cc1=O. The zero-order valence-corrected chi connectivity index (χ0v) is 12.0. The van der Waals surface area contributed by atoms with Gasteiger partial charge in [-0.1, -0.05) is 35.9 Å². The average molecular weight is 304 g/mol. The van der Waals surface area contributed by atoms with Crippen molar-refractivity contribution in [3.63, 3.8) is 0 Å².